The predicted molar refractivity (Wildman–Crippen MR) is 45.3 cm³/mol. The molecule has 0 heterocycles. The van der Waals surface area contributed by atoms with Crippen LogP contribution in [-0.4, -0.2) is 21.3 Å². The lowest BCUT2D eigenvalue weighted by Crippen LogP contribution is -2.05. The van der Waals surface area contributed by atoms with Gasteiger partial charge >= 0.3 is 5.97 Å². The number of aliphatic carboxylic acids is 1. The van der Waals surface area contributed by atoms with Crippen molar-refractivity contribution in [3.05, 3.63) is 29.6 Å². The van der Waals surface area contributed by atoms with E-state index in [4.69, 9.17) is 10.2 Å². The minimum atomic E-state index is -1.26. The highest BCUT2D eigenvalue weighted by atomic mass is 19.1. The molecule has 0 aliphatic rings. The maximum absolute atomic E-state index is 12.8. The zero-order chi connectivity index (χ0) is 10.7. The lowest BCUT2D eigenvalue weighted by Gasteiger charge is -2.08. The summed E-state index contributed by atoms with van der Waals surface area (Å²) in [6, 6.07) is 3.24. The Morgan fingerprint density at radius 2 is 2.14 bits per heavy atom. The van der Waals surface area contributed by atoms with E-state index in [9.17, 15) is 14.3 Å². The van der Waals surface area contributed by atoms with Gasteiger partial charge in [-0.3, -0.25) is 4.79 Å². The summed E-state index contributed by atoms with van der Waals surface area (Å²) in [5.74, 6) is -2.59. The van der Waals surface area contributed by atoms with E-state index < -0.39 is 30.1 Å². The molecule has 0 aromatic heterocycles. The summed E-state index contributed by atoms with van der Waals surface area (Å²) >= 11 is 0. The summed E-state index contributed by atoms with van der Waals surface area (Å²) in [5, 5.41) is 26.5. The molecule has 5 heteroatoms. The summed E-state index contributed by atoms with van der Waals surface area (Å²) in [6.07, 6.45) is -1.76. The summed E-state index contributed by atoms with van der Waals surface area (Å²) in [4.78, 5) is 10.2. The van der Waals surface area contributed by atoms with Crippen molar-refractivity contribution < 1.29 is 24.5 Å². The van der Waals surface area contributed by atoms with Gasteiger partial charge in [0.25, 0.3) is 0 Å². The normalized spacial score (nSPS) is 12.4. The molecule has 3 N–H and O–H groups in total. The first-order valence-electron chi connectivity index (χ1n) is 3.89. The number of aliphatic hydroxyl groups excluding tert-OH is 1. The number of carboxylic acid groups (broad SMARTS) is 1. The Morgan fingerprint density at radius 3 is 2.64 bits per heavy atom. The van der Waals surface area contributed by atoms with Gasteiger partial charge in [0.1, 0.15) is 0 Å². The van der Waals surface area contributed by atoms with Crippen LogP contribution >= 0.6 is 0 Å². The van der Waals surface area contributed by atoms with Crippen molar-refractivity contribution in [2.45, 2.75) is 12.5 Å². The van der Waals surface area contributed by atoms with Crippen molar-refractivity contribution in [3.63, 3.8) is 0 Å². The minimum Gasteiger partial charge on any atom is -0.505 e. The zero-order valence-corrected chi connectivity index (χ0v) is 7.14. The number of aromatic hydroxyl groups is 1. The van der Waals surface area contributed by atoms with Crippen molar-refractivity contribution in [2.75, 3.05) is 0 Å². The van der Waals surface area contributed by atoms with Crippen molar-refractivity contribution in [2.24, 2.45) is 0 Å². The standard InChI is InChI=1S/C9H9FO4/c10-6-3-5(1-2-7(6)11)8(12)4-9(13)14/h1-3,8,11-12H,4H2,(H,13,14)/t8-/m1/s1. The molecule has 1 aromatic carbocycles. The van der Waals surface area contributed by atoms with Crippen LogP contribution < -0.4 is 0 Å². The molecule has 0 amide bonds. The summed E-state index contributed by atoms with van der Waals surface area (Å²) < 4.78 is 12.8. The number of hydrogen-bond acceptors (Lipinski definition) is 3. The second-order valence-corrected chi connectivity index (χ2v) is 2.82. The topological polar surface area (TPSA) is 77.8 Å². The summed E-state index contributed by atoms with van der Waals surface area (Å²) in [7, 11) is 0. The molecule has 1 aromatic rings. The molecule has 0 aliphatic carbocycles. The van der Waals surface area contributed by atoms with Gasteiger partial charge in [-0.25, -0.2) is 4.39 Å². The number of phenolic OH excluding ortho intramolecular Hbond substituents is 1. The van der Waals surface area contributed by atoms with E-state index in [1.165, 1.54) is 6.07 Å². The van der Waals surface area contributed by atoms with E-state index >= 15 is 0 Å². The van der Waals surface area contributed by atoms with Crippen LogP contribution in [0, 0.1) is 5.82 Å². The van der Waals surface area contributed by atoms with E-state index in [2.05, 4.69) is 0 Å². The molecule has 76 valence electrons. The van der Waals surface area contributed by atoms with Gasteiger partial charge in [-0.2, -0.15) is 0 Å². The summed E-state index contributed by atoms with van der Waals surface area (Å²) in [5.41, 5.74) is 0.128. The van der Waals surface area contributed by atoms with Gasteiger partial charge in [0, 0.05) is 0 Å². The third kappa shape index (κ3) is 2.43. The Morgan fingerprint density at radius 1 is 1.50 bits per heavy atom. The molecule has 0 bridgehead atoms. The van der Waals surface area contributed by atoms with Crippen LogP contribution in [-0.2, 0) is 4.79 Å². The van der Waals surface area contributed by atoms with Crippen LogP contribution in [0.5, 0.6) is 5.75 Å². The maximum atomic E-state index is 12.8. The van der Waals surface area contributed by atoms with Crippen LogP contribution in [0.15, 0.2) is 18.2 Å². The molecule has 0 saturated carbocycles. The number of carboxylic acids is 1. The third-order valence-electron chi connectivity index (χ3n) is 1.72. The van der Waals surface area contributed by atoms with Gasteiger partial charge in [0.05, 0.1) is 12.5 Å². The van der Waals surface area contributed by atoms with Crippen molar-refractivity contribution in [1.29, 1.82) is 0 Å². The highest BCUT2D eigenvalue weighted by molar-refractivity contribution is 5.67. The van der Waals surface area contributed by atoms with Gasteiger partial charge in [0.15, 0.2) is 11.6 Å². The molecule has 0 aliphatic heterocycles. The molecule has 1 rings (SSSR count). The Balaban J connectivity index is 2.85. The average Bonchev–Trinajstić information content (AvgIpc) is 2.08. The second kappa shape index (κ2) is 4.06. The number of aliphatic hydroxyl groups is 1. The van der Waals surface area contributed by atoms with Gasteiger partial charge in [0.2, 0.25) is 0 Å². The summed E-state index contributed by atoms with van der Waals surface area (Å²) in [6.45, 7) is 0. The fourth-order valence-electron chi connectivity index (χ4n) is 1.01. The fourth-order valence-corrected chi connectivity index (χ4v) is 1.01. The third-order valence-corrected chi connectivity index (χ3v) is 1.72. The quantitative estimate of drug-likeness (QED) is 0.681. The van der Waals surface area contributed by atoms with Crippen molar-refractivity contribution >= 4 is 5.97 Å². The second-order valence-electron chi connectivity index (χ2n) is 2.82. The fraction of sp³-hybridized carbons (Fsp3) is 0.222. The van der Waals surface area contributed by atoms with Crippen LogP contribution in [0.25, 0.3) is 0 Å². The van der Waals surface area contributed by atoms with E-state index in [1.54, 1.807) is 0 Å². The van der Waals surface area contributed by atoms with E-state index in [-0.39, 0.29) is 5.56 Å². The first-order valence-corrected chi connectivity index (χ1v) is 3.89. The minimum absolute atomic E-state index is 0.128. The van der Waals surface area contributed by atoms with Gasteiger partial charge < -0.3 is 15.3 Å². The van der Waals surface area contributed by atoms with Crippen molar-refractivity contribution in [3.8, 4) is 5.75 Å². The number of hydrogen-bond donors (Lipinski definition) is 3. The number of phenols is 1. The first kappa shape index (κ1) is 10.5. The largest absolute Gasteiger partial charge is 0.505 e. The number of rotatable bonds is 3. The molecule has 0 unspecified atom stereocenters. The molecule has 0 spiro atoms. The lowest BCUT2D eigenvalue weighted by atomic mass is 10.1. The Labute approximate surface area is 79.2 Å². The number of carbonyl (C=O) groups is 1. The number of halogens is 1. The van der Waals surface area contributed by atoms with Gasteiger partial charge in [-0.05, 0) is 17.7 Å². The molecule has 1 atom stereocenters. The van der Waals surface area contributed by atoms with Gasteiger partial charge in [-0.15, -0.1) is 0 Å². The van der Waals surface area contributed by atoms with E-state index in [0.29, 0.717) is 0 Å². The van der Waals surface area contributed by atoms with Crippen LogP contribution in [0.1, 0.15) is 18.1 Å². The molecule has 14 heavy (non-hydrogen) atoms. The van der Waals surface area contributed by atoms with Crippen LogP contribution in [0.3, 0.4) is 0 Å². The molecule has 0 saturated heterocycles. The van der Waals surface area contributed by atoms with E-state index in [0.717, 1.165) is 12.1 Å². The Kier molecular flexibility index (Phi) is 3.03. The molecular weight excluding hydrogens is 191 g/mol. The SMILES string of the molecule is O=C(O)C[C@@H](O)c1ccc(O)c(F)c1. The average molecular weight is 200 g/mol. The smallest absolute Gasteiger partial charge is 0.306 e. The highest BCUT2D eigenvalue weighted by Crippen LogP contribution is 2.22. The number of benzene rings is 1. The first-order chi connectivity index (χ1) is 6.50. The maximum Gasteiger partial charge on any atom is 0.306 e. The monoisotopic (exact) mass is 200 g/mol. The highest BCUT2D eigenvalue weighted by Gasteiger charge is 2.13. The van der Waals surface area contributed by atoms with Gasteiger partial charge in [-0.1, -0.05) is 6.07 Å². The lowest BCUT2D eigenvalue weighted by molar-refractivity contribution is -0.139. The molecule has 4 nitrogen and oxygen atoms in total. The molecule has 0 radical (unpaired) electrons. The Hall–Kier alpha value is -1.62. The van der Waals surface area contributed by atoms with Crippen LogP contribution in [0.4, 0.5) is 4.39 Å². The van der Waals surface area contributed by atoms with Crippen LogP contribution in [0.2, 0.25) is 0 Å². The zero-order valence-electron chi connectivity index (χ0n) is 7.14. The van der Waals surface area contributed by atoms with E-state index in [1.807, 2.05) is 0 Å². The van der Waals surface area contributed by atoms with Crippen molar-refractivity contribution in [1.82, 2.24) is 0 Å². The molecule has 0 fully saturated rings. The Bertz CT molecular complexity index is 351. The predicted octanol–water partition coefficient (Wildman–Crippen LogP) is 1.04. The molecular formula is C9H9FO4.